The van der Waals surface area contributed by atoms with E-state index in [1.165, 1.54) is 18.3 Å². The minimum atomic E-state index is -0.236. The average Bonchev–Trinajstić information content (AvgIpc) is 2.63. The fourth-order valence-corrected chi connectivity index (χ4v) is 2.98. The molecule has 3 rings (SSSR count). The Balaban J connectivity index is 1.66. The van der Waals surface area contributed by atoms with Crippen LogP contribution in [0.5, 0.6) is 0 Å². The maximum atomic E-state index is 12.7. The third-order valence-corrected chi connectivity index (χ3v) is 4.51. The van der Waals surface area contributed by atoms with E-state index in [-0.39, 0.29) is 17.4 Å². The SMILES string of the molecule is Cc1ccc(C)c(C(=O)N2CCN(C(=O)c3ccc(=O)[nH]c3)CC2)c1. The molecule has 2 aromatic rings. The Morgan fingerprint density at radius 3 is 2.16 bits per heavy atom. The Morgan fingerprint density at radius 1 is 0.920 bits per heavy atom. The smallest absolute Gasteiger partial charge is 0.255 e. The Bertz CT molecular complexity index is 844. The summed E-state index contributed by atoms with van der Waals surface area (Å²) >= 11 is 0. The lowest BCUT2D eigenvalue weighted by atomic mass is 10.0. The second-order valence-electron chi connectivity index (χ2n) is 6.34. The molecule has 0 spiro atoms. The molecular weight excluding hydrogens is 318 g/mol. The highest BCUT2D eigenvalue weighted by atomic mass is 16.2. The number of aryl methyl sites for hydroxylation is 2. The quantitative estimate of drug-likeness (QED) is 0.903. The first kappa shape index (κ1) is 17.0. The molecule has 1 aliphatic rings. The number of aromatic amines is 1. The number of benzene rings is 1. The van der Waals surface area contributed by atoms with Crippen molar-refractivity contribution >= 4 is 11.8 Å². The molecule has 1 aromatic carbocycles. The highest BCUT2D eigenvalue weighted by Crippen LogP contribution is 2.15. The van der Waals surface area contributed by atoms with Gasteiger partial charge in [0.15, 0.2) is 0 Å². The van der Waals surface area contributed by atoms with Crippen molar-refractivity contribution in [2.75, 3.05) is 26.2 Å². The summed E-state index contributed by atoms with van der Waals surface area (Å²) in [4.78, 5) is 42.3. The molecule has 0 atom stereocenters. The van der Waals surface area contributed by atoms with Gasteiger partial charge in [-0.1, -0.05) is 17.7 Å². The van der Waals surface area contributed by atoms with Gasteiger partial charge in [0.2, 0.25) is 5.56 Å². The molecule has 1 saturated heterocycles. The number of piperazine rings is 1. The first-order chi connectivity index (χ1) is 12.0. The van der Waals surface area contributed by atoms with Crippen LogP contribution in [0.3, 0.4) is 0 Å². The average molecular weight is 339 g/mol. The Morgan fingerprint density at radius 2 is 1.56 bits per heavy atom. The van der Waals surface area contributed by atoms with Gasteiger partial charge in [-0.25, -0.2) is 0 Å². The molecule has 1 N–H and O–H groups in total. The number of rotatable bonds is 2. The summed E-state index contributed by atoms with van der Waals surface area (Å²) < 4.78 is 0. The van der Waals surface area contributed by atoms with E-state index in [2.05, 4.69) is 4.98 Å². The van der Waals surface area contributed by atoms with Crippen molar-refractivity contribution in [2.45, 2.75) is 13.8 Å². The van der Waals surface area contributed by atoms with Gasteiger partial charge in [0, 0.05) is 44.0 Å². The van der Waals surface area contributed by atoms with Gasteiger partial charge in [0.05, 0.1) is 5.56 Å². The number of nitrogens with zero attached hydrogens (tertiary/aromatic N) is 2. The summed E-state index contributed by atoms with van der Waals surface area (Å²) in [7, 11) is 0. The summed E-state index contributed by atoms with van der Waals surface area (Å²) in [5, 5.41) is 0. The van der Waals surface area contributed by atoms with E-state index in [4.69, 9.17) is 0 Å². The lowest BCUT2D eigenvalue weighted by molar-refractivity contribution is 0.0534. The number of H-pyrrole nitrogens is 1. The zero-order chi connectivity index (χ0) is 18.0. The van der Waals surface area contributed by atoms with E-state index in [9.17, 15) is 14.4 Å². The van der Waals surface area contributed by atoms with Gasteiger partial charge < -0.3 is 14.8 Å². The lowest BCUT2D eigenvalue weighted by Gasteiger charge is -2.35. The summed E-state index contributed by atoms with van der Waals surface area (Å²) in [6.07, 6.45) is 1.43. The molecule has 6 heteroatoms. The normalized spacial score (nSPS) is 14.5. The van der Waals surface area contributed by atoms with Gasteiger partial charge >= 0.3 is 0 Å². The molecule has 0 aliphatic carbocycles. The maximum Gasteiger partial charge on any atom is 0.255 e. The molecule has 0 unspecified atom stereocenters. The van der Waals surface area contributed by atoms with Crippen molar-refractivity contribution in [2.24, 2.45) is 0 Å². The third-order valence-electron chi connectivity index (χ3n) is 4.51. The number of amides is 2. The molecule has 25 heavy (non-hydrogen) atoms. The zero-order valence-corrected chi connectivity index (χ0v) is 14.4. The molecule has 130 valence electrons. The van der Waals surface area contributed by atoms with Gasteiger partial charge in [-0.05, 0) is 31.5 Å². The van der Waals surface area contributed by atoms with Crippen LogP contribution in [0.4, 0.5) is 0 Å². The molecule has 0 radical (unpaired) electrons. The van der Waals surface area contributed by atoms with Crippen molar-refractivity contribution in [3.63, 3.8) is 0 Å². The van der Waals surface area contributed by atoms with E-state index in [0.29, 0.717) is 31.7 Å². The number of aromatic nitrogens is 1. The number of nitrogens with one attached hydrogen (secondary N) is 1. The highest BCUT2D eigenvalue weighted by molar-refractivity contribution is 5.96. The van der Waals surface area contributed by atoms with Crippen molar-refractivity contribution in [3.8, 4) is 0 Å². The van der Waals surface area contributed by atoms with Crippen LogP contribution in [-0.4, -0.2) is 52.8 Å². The first-order valence-electron chi connectivity index (χ1n) is 8.30. The van der Waals surface area contributed by atoms with Gasteiger partial charge in [-0.2, -0.15) is 0 Å². The van der Waals surface area contributed by atoms with Gasteiger partial charge in [-0.15, -0.1) is 0 Å². The molecule has 0 saturated carbocycles. The number of hydrogen-bond donors (Lipinski definition) is 1. The maximum absolute atomic E-state index is 12.7. The fourth-order valence-electron chi connectivity index (χ4n) is 2.98. The number of pyridine rings is 1. The Labute approximate surface area is 146 Å². The van der Waals surface area contributed by atoms with Crippen LogP contribution in [0.2, 0.25) is 0 Å². The second-order valence-corrected chi connectivity index (χ2v) is 6.34. The second kappa shape index (κ2) is 6.93. The summed E-state index contributed by atoms with van der Waals surface area (Å²) in [6.45, 7) is 5.87. The lowest BCUT2D eigenvalue weighted by Crippen LogP contribution is -2.50. The predicted molar refractivity (Wildman–Crippen MR) is 94.8 cm³/mol. The monoisotopic (exact) mass is 339 g/mol. The molecule has 1 aromatic heterocycles. The molecule has 6 nitrogen and oxygen atoms in total. The van der Waals surface area contributed by atoms with Crippen molar-refractivity contribution < 1.29 is 9.59 Å². The zero-order valence-electron chi connectivity index (χ0n) is 14.4. The molecular formula is C19H21N3O3. The topological polar surface area (TPSA) is 73.5 Å². The van der Waals surface area contributed by atoms with Crippen LogP contribution in [0, 0.1) is 13.8 Å². The van der Waals surface area contributed by atoms with Crippen LogP contribution in [0.25, 0.3) is 0 Å². The predicted octanol–water partition coefficient (Wildman–Crippen LogP) is 1.59. The molecule has 1 fully saturated rings. The highest BCUT2D eigenvalue weighted by Gasteiger charge is 2.26. The molecule has 1 aliphatic heterocycles. The first-order valence-corrected chi connectivity index (χ1v) is 8.30. The van der Waals surface area contributed by atoms with Crippen LogP contribution in [0.1, 0.15) is 31.8 Å². The minimum absolute atomic E-state index is 0.0114. The minimum Gasteiger partial charge on any atom is -0.335 e. The van der Waals surface area contributed by atoms with E-state index in [1.54, 1.807) is 9.80 Å². The third kappa shape index (κ3) is 3.63. The number of carbonyl (C=O) groups excluding carboxylic acids is 2. The summed E-state index contributed by atoms with van der Waals surface area (Å²) in [5.41, 5.74) is 2.96. The Kier molecular flexibility index (Phi) is 4.70. The molecule has 0 bridgehead atoms. The van der Waals surface area contributed by atoms with E-state index >= 15 is 0 Å². The largest absolute Gasteiger partial charge is 0.335 e. The van der Waals surface area contributed by atoms with E-state index in [1.807, 2.05) is 32.0 Å². The number of carbonyl (C=O) groups is 2. The summed E-state index contributed by atoms with van der Waals surface area (Å²) in [6, 6.07) is 8.73. The summed E-state index contributed by atoms with van der Waals surface area (Å²) in [5.74, 6) is -0.118. The fraction of sp³-hybridized carbons (Fsp3) is 0.316. The van der Waals surface area contributed by atoms with Crippen LogP contribution in [-0.2, 0) is 0 Å². The Hall–Kier alpha value is -2.89. The van der Waals surface area contributed by atoms with Gasteiger partial charge in [0.25, 0.3) is 11.8 Å². The van der Waals surface area contributed by atoms with Crippen LogP contribution >= 0.6 is 0 Å². The van der Waals surface area contributed by atoms with Crippen molar-refractivity contribution in [3.05, 3.63) is 69.1 Å². The van der Waals surface area contributed by atoms with Crippen LogP contribution < -0.4 is 5.56 Å². The number of hydrogen-bond acceptors (Lipinski definition) is 3. The van der Waals surface area contributed by atoms with Crippen molar-refractivity contribution in [1.82, 2.24) is 14.8 Å². The van der Waals surface area contributed by atoms with E-state index < -0.39 is 0 Å². The molecule has 2 heterocycles. The molecule has 2 amide bonds. The van der Waals surface area contributed by atoms with Crippen molar-refractivity contribution in [1.29, 1.82) is 0 Å². The van der Waals surface area contributed by atoms with Crippen LogP contribution in [0.15, 0.2) is 41.3 Å². The van der Waals surface area contributed by atoms with E-state index in [0.717, 1.165) is 16.7 Å². The van der Waals surface area contributed by atoms with Gasteiger partial charge in [0.1, 0.15) is 0 Å². The standard InChI is InChI=1S/C19H21N3O3/c1-13-3-4-14(2)16(11-13)19(25)22-9-7-21(8-10-22)18(24)15-5-6-17(23)20-12-15/h3-6,11-12H,7-10H2,1-2H3,(H,20,23). The van der Waals surface area contributed by atoms with Gasteiger partial charge in [-0.3, -0.25) is 14.4 Å².